The van der Waals surface area contributed by atoms with Crippen molar-refractivity contribution >= 4 is 29.3 Å². The quantitative estimate of drug-likeness (QED) is 0.853. The molecule has 0 radical (unpaired) electrons. The second kappa shape index (κ2) is 5.82. The minimum Gasteiger partial charge on any atom is -0.480 e. The van der Waals surface area contributed by atoms with Gasteiger partial charge in [-0.2, -0.15) is 11.3 Å². The van der Waals surface area contributed by atoms with Crippen molar-refractivity contribution in [3.8, 4) is 0 Å². The van der Waals surface area contributed by atoms with E-state index in [-0.39, 0.29) is 5.91 Å². The Morgan fingerprint density at radius 2 is 2.28 bits per heavy atom. The lowest BCUT2D eigenvalue weighted by molar-refractivity contribution is -0.150. The van der Waals surface area contributed by atoms with Gasteiger partial charge in [-0.3, -0.25) is 4.79 Å². The molecule has 1 aromatic rings. The highest BCUT2D eigenvalue weighted by molar-refractivity contribution is 7.08. The Bertz CT molecular complexity index is 453. The van der Waals surface area contributed by atoms with Crippen LogP contribution in [0.2, 0.25) is 0 Å². The fraction of sp³-hybridized carbons (Fsp3) is 0.385. The number of hydrogen-bond donors (Lipinski definition) is 1. The zero-order valence-electron chi connectivity index (χ0n) is 9.91. The van der Waals surface area contributed by atoms with Crippen molar-refractivity contribution < 1.29 is 14.7 Å². The van der Waals surface area contributed by atoms with E-state index in [0.29, 0.717) is 13.0 Å². The molecule has 1 atom stereocenters. The van der Waals surface area contributed by atoms with Crippen LogP contribution in [0.3, 0.4) is 0 Å². The standard InChI is InChI=1S/C13H15NO3S/c15-12(5-4-10-6-8-18-9-10)14-7-2-1-3-11(14)13(16)17/h4-6,8-9,11H,1-3,7H2,(H,16,17)/b5-4+/t11-/m1/s1. The van der Waals surface area contributed by atoms with Crippen molar-refractivity contribution in [1.82, 2.24) is 4.90 Å². The van der Waals surface area contributed by atoms with Crippen molar-refractivity contribution in [3.05, 3.63) is 28.5 Å². The molecular formula is C13H15NO3S. The molecule has 5 heteroatoms. The van der Waals surface area contributed by atoms with E-state index in [2.05, 4.69) is 0 Å². The molecule has 0 bridgehead atoms. The number of likely N-dealkylation sites (tertiary alicyclic amines) is 1. The number of piperidine rings is 1. The molecule has 1 fully saturated rings. The predicted octanol–water partition coefficient (Wildman–Crippen LogP) is 2.23. The van der Waals surface area contributed by atoms with Crippen molar-refractivity contribution in [1.29, 1.82) is 0 Å². The van der Waals surface area contributed by atoms with Crippen LogP contribution < -0.4 is 0 Å². The van der Waals surface area contributed by atoms with Crippen LogP contribution in [-0.2, 0) is 9.59 Å². The van der Waals surface area contributed by atoms with Gasteiger partial charge in [0.25, 0.3) is 0 Å². The number of carboxylic acid groups (broad SMARTS) is 1. The summed E-state index contributed by atoms with van der Waals surface area (Å²) in [6, 6.07) is 1.25. The number of aliphatic carboxylic acids is 1. The molecule has 96 valence electrons. The van der Waals surface area contributed by atoms with Gasteiger partial charge in [0, 0.05) is 12.6 Å². The fourth-order valence-electron chi connectivity index (χ4n) is 2.09. The summed E-state index contributed by atoms with van der Waals surface area (Å²) in [7, 11) is 0. The maximum Gasteiger partial charge on any atom is 0.326 e. The SMILES string of the molecule is O=C(O)[C@H]1CCCCN1C(=O)/C=C/c1ccsc1. The number of carbonyl (C=O) groups is 2. The third kappa shape index (κ3) is 2.98. The Labute approximate surface area is 110 Å². The molecule has 1 aliphatic rings. The summed E-state index contributed by atoms with van der Waals surface area (Å²) in [5, 5.41) is 13.0. The number of nitrogens with zero attached hydrogens (tertiary/aromatic N) is 1. The molecule has 0 aromatic carbocycles. The van der Waals surface area contributed by atoms with Crippen LogP contribution in [0.5, 0.6) is 0 Å². The van der Waals surface area contributed by atoms with Gasteiger partial charge in [-0.1, -0.05) is 0 Å². The second-order valence-corrected chi connectivity index (χ2v) is 5.05. The number of amides is 1. The summed E-state index contributed by atoms with van der Waals surface area (Å²) in [6.07, 6.45) is 5.49. The lowest BCUT2D eigenvalue weighted by Crippen LogP contribution is -2.47. The monoisotopic (exact) mass is 265 g/mol. The van der Waals surface area contributed by atoms with E-state index in [1.54, 1.807) is 17.4 Å². The van der Waals surface area contributed by atoms with Gasteiger partial charge in [0.15, 0.2) is 0 Å². The van der Waals surface area contributed by atoms with Crippen LogP contribution in [0.4, 0.5) is 0 Å². The highest BCUT2D eigenvalue weighted by Crippen LogP contribution is 2.18. The highest BCUT2D eigenvalue weighted by atomic mass is 32.1. The van der Waals surface area contributed by atoms with Gasteiger partial charge in [-0.05, 0) is 47.7 Å². The number of carbonyl (C=O) groups excluding carboxylic acids is 1. The second-order valence-electron chi connectivity index (χ2n) is 4.27. The van der Waals surface area contributed by atoms with Crippen LogP contribution >= 0.6 is 11.3 Å². The minimum atomic E-state index is -0.910. The molecule has 2 heterocycles. The molecule has 1 N–H and O–H groups in total. The molecule has 2 rings (SSSR count). The molecule has 0 unspecified atom stereocenters. The summed E-state index contributed by atoms with van der Waals surface area (Å²) in [5.41, 5.74) is 0.970. The molecule has 18 heavy (non-hydrogen) atoms. The summed E-state index contributed by atoms with van der Waals surface area (Å²) in [6.45, 7) is 0.532. The first-order valence-corrected chi connectivity index (χ1v) is 6.86. The molecule has 0 spiro atoms. The van der Waals surface area contributed by atoms with Crippen molar-refractivity contribution in [3.63, 3.8) is 0 Å². The third-order valence-corrected chi connectivity index (χ3v) is 3.73. The van der Waals surface area contributed by atoms with Crippen LogP contribution in [0.25, 0.3) is 6.08 Å². The number of thiophene rings is 1. The van der Waals surface area contributed by atoms with E-state index in [0.717, 1.165) is 18.4 Å². The largest absolute Gasteiger partial charge is 0.480 e. The average molecular weight is 265 g/mol. The first kappa shape index (κ1) is 12.8. The molecule has 1 saturated heterocycles. The predicted molar refractivity (Wildman–Crippen MR) is 70.3 cm³/mol. The van der Waals surface area contributed by atoms with Crippen molar-refractivity contribution in [2.24, 2.45) is 0 Å². The molecule has 0 saturated carbocycles. The van der Waals surface area contributed by atoms with Gasteiger partial charge >= 0.3 is 5.97 Å². The van der Waals surface area contributed by atoms with Gasteiger partial charge < -0.3 is 10.0 Å². The Balaban J connectivity index is 2.04. The van der Waals surface area contributed by atoms with Gasteiger partial charge in [-0.15, -0.1) is 0 Å². The third-order valence-electron chi connectivity index (χ3n) is 3.03. The maximum absolute atomic E-state index is 12.0. The van der Waals surface area contributed by atoms with E-state index < -0.39 is 12.0 Å². The Kier molecular flexibility index (Phi) is 4.15. The van der Waals surface area contributed by atoms with Crippen LogP contribution in [0, 0.1) is 0 Å². The van der Waals surface area contributed by atoms with E-state index in [4.69, 9.17) is 5.11 Å². The lowest BCUT2D eigenvalue weighted by atomic mass is 10.0. The fourth-order valence-corrected chi connectivity index (χ4v) is 2.71. The smallest absolute Gasteiger partial charge is 0.326 e. The molecule has 1 amide bonds. The first-order valence-electron chi connectivity index (χ1n) is 5.92. The molecular weight excluding hydrogens is 250 g/mol. The highest BCUT2D eigenvalue weighted by Gasteiger charge is 2.30. The van der Waals surface area contributed by atoms with E-state index in [1.165, 1.54) is 11.0 Å². The summed E-state index contributed by atoms with van der Waals surface area (Å²) < 4.78 is 0. The Hall–Kier alpha value is -1.62. The van der Waals surface area contributed by atoms with E-state index in [9.17, 15) is 9.59 Å². The van der Waals surface area contributed by atoms with Gasteiger partial charge in [-0.25, -0.2) is 4.79 Å². The van der Waals surface area contributed by atoms with Crippen LogP contribution in [-0.4, -0.2) is 34.5 Å². The number of rotatable bonds is 3. The zero-order chi connectivity index (χ0) is 13.0. The Morgan fingerprint density at radius 3 is 2.94 bits per heavy atom. The van der Waals surface area contributed by atoms with Crippen molar-refractivity contribution in [2.75, 3.05) is 6.54 Å². The molecule has 1 aromatic heterocycles. The summed E-state index contributed by atoms with van der Waals surface area (Å²) >= 11 is 1.56. The topological polar surface area (TPSA) is 57.6 Å². The number of hydrogen-bond acceptors (Lipinski definition) is 3. The van der Waals surface area contributed by atoms with Gasteiger partial charge in [0.05, 0.1) is 0 Å². The minimum absolute atomic E-state index is 0.215. The molecule has 0 aliphatic carbocycles. The molecule has 1 aliphatic heterocycles. The first-order chi connectivity index (χ1) is 8.68. The maximum atomic E-state index is 12.0. The van der Waals surface area contributed by atoms with Gasteiger partial charge in [0.2, 0.25) is 5.91 Å². The van der Waals surface area contributed by atoms with E-state index in [1.807, 2.05) is 16.8 Å². The average Bonchev–Trinajstić information content (AvgIpc) is 2.89. The summed E-state index contributed by atoms with van der Waals surface area (Å²) in [5.74, 6) is -1.12. The normalized spacial score (nSPS) is 20.2. The Morgan fingerprint density at radius 1 is 1.44 bits per heavy atom. The van der Waals surface area contributed by atoms with Gasteiger partial charge in [0.1, 0.15) is 6.04 Å². The zero-order valence-corrected chi connectivity index (χ0v) is 10.7. The molecule has 4 nitrogen and oxygen atoms in total. The van der Waals surface area contributed by atoms with Crippen molar-refractivity contribution in [2.45, 2.75) is 25.3 Å². The van der Waals surface area contributed by atoms with E-state index >= 15 is 0 Å². The van der Waals surface area contributed by atoms with Crippen LogP contribution in [0.15, 0.2) is 22.9 Å². The van der Waals surface area contributed by atoms with Crippen LogP contribution in [0.1, 0.15) is 24.8 Å². The summed E-state index contributed by atoms with van der Waals surface area (Å²) in [4.78, 5) is 24.5. The number of carboxylic acids is 1. The lowest BCUT2D eigenvalue weighted by Gasteiger charge is -2.32.